The summed E-state index contributed by atoms with van der Waals surface area (Å²) < 4.78 is 5.74. The molecule has 0 saturated carbocycles. The van der Waals surface area contributed by atoms with Gasteiger partial charge in [-0.15, -0.1) is 0 Å². The Labute approximate surface area is 165 Å². The molecule has 0 unspecified atom stereocenters. The minimum atomic E-state index is 0.800. The van der Waals surface area contributed by atoms with Crippen molar-refractivity contribution in [3.05, 3.63) is 35.9 Å². The standard InChI is InChI=1S/C22H38N4O/c1-2-23-22(25-15-18-26-16-8-4-9-17-26)24-14-7-10-19-27-20-13-21-11-5-3-6-12-21/h3,5-6,11-12H,2,4,7-10,13-20H2,1H3,(H2,23,24,25). The highest BCUT2D eigenvalue weighted by molar-refractivity contribution is 5.79. The molecule has 2 N–H and O–H groups in total. The number of likely N-dealkylation sites (tertiary alicyclic amines) is 1. The Morgan fingerprint density at radius 3 is 2.63 bits per heavy atom. The van der Waals surface area contributed by atoms with Crippen LogP contribution in [0.4, 0.5) is 0 Å². The molecular formula is C22H38N4O. The van der Waals surface area contributed by atoms with Crippen LogP contribution in [0, 0.1) is 0 Å². The zero-order chi connectivity index (χ0) is 19.0. The number of piperidine rings is 1. The van der Waals surface area contributed by atoms with E-state index in [0.29, 0.717) is 0 Å². The topological polar surface area (TPSA) is 48.9 Å². The van der Waals surface area contributed by atoms with Crippen LogP contribution in [0.15, 0.2) is 35.3 Å². The predicted octanol–water partition coefficient (Wildman–Crippen LogP) is 3.07. The summed E-state index contributed by atoms with van der Waals surface area (Å²) in [7, 11) is 0. The Balaban J connectivity index is 1.49. The maximum Gasteiger partial charge on any atom is 0.191 e. The molecule has 1 aromatic carbocycles. The average molecular weight is 375 g/mol. The van der Waals surface area contributed by atoms with Crippen LogP contribution < -0.4 is 10.6 Å². The van der Waals surface area contributed by atoms with Crippen LogP contribution in [-0.4, -0.2) is 63.3 Å². The first-order valence-electron chi connectivity index (χ1n) is 10.7. The lowest BCUT2D eigenvalue weighted by Gasteiger charge is -2.26. The molecule has 152 valence electrons. The van der Waals surface area contributed by atoms with Gasteiger partial charge in [-0.2, -0.15) is 0 Å². The van der Waals surface area contributed by atoms with E-state index in [1.54, 1.807) is 0 Å². The normalized spacial score (nSPS) is 15.7. The molecule has 0 amide bonds. The van der Waals surface area contributed by atoms with Crippen molar-refractivity contribution in [3.8, 4) is 0 Å². The number of benzene rings is 1. The fraction of sp³-hybridized carbons (Fsp3) is 0.682. The van der Waals surface area contributed by atoms with Crippen LogP contribution in [0.25, 0.3) is 0 Å². The zero-order valence-corrected chi connectivity index (χ0v) is 17.1. The molecule has 2 rings (SSSR count). The van der Waals surface area contributed by atoms with Gasteiger partial charge in [0.25, 0.3) is 0 Å². The summed E-state index contributed by atoms with van der Waals surface area (Å²) in [5, 5.41) is 6.80. The second-order valence-electron chi connectivity index (χ2n) is 7.14. The highest BCUT2D eigenvalue weighted by Gasteiger charge is 2.09. The molecular weight excluding hydrogens is 336 g/mol. The molecule has 1 aromatic rings. The molecule has 1 aliphatic heterocycles. The molecule has 27 heavy (non-hydrogen) atoms. The van der Waals surface area contributed by atoms with Gasteiger partial charge in [0.2, 0.25) is 0 Å². The number of rotatable bonds is 12. The van der Waals surface area contributed by atoms with Crippen LogP contribution in [0.2, 0.25) is 0 Å². The van der Waals surface area contributed by atoms with E-state index in [4.69, 9.17) is 4.74 Å². The van der Waals surface area contributed by atoms with Crippen molar-refractivity contribution in [3.63, 3.8) is 0 Å². The lowest BCUT2D eigenvalue weighted by atomic mass is 10.1. The van der Waals surface area contributed by atoms with E-state index in [9.17, 15) is 0 Å². The molecule has 0 spiro atoms. The third-order valence-electron chi connectivity index (χ3n) is 4.86. The van der Waals surface area contributed by atoms with E-state index >= 15 is 0 Å². The molecule has 0 bridgehead atoms. The molecule has 0 aromatic heterocycles. The van der Waals surface area contributed by atoms with Gasteiger partial charge < -0.3 is 20.3 Å². The summed E-state index contributed by atoms with van der Waals surface area (Å²) in [6.07, 6.45) is 7.21. The number of aliphatic imine (C=N–C) groups is 1. The minimum absolute atomic E-state index is 0.800. The van der Waals surface area contributed by atoms with Gasteiger partial charge in [0.15, 0.2) is 5.96 Å². The van der Waals surface area contributed by atoms with Crippen molar-refractivity contribution in [2.45, 2.75) is 45.4 Å². The number of hydrogen-bond donors (Lipinski definition) is 2. The lowest BCUT2D eigenvalue weighted by molar-refractivity contribution is 0.134. The lowest BCUT2D eigenvalue weighted by Crippen LogP contribution is -2.42. The highest BCUT2D eigenvalue weighted by Crippen LogP contribution is 2.07. The maximum absolute atomic E-state index is 5.74. The molecule has 5 nitrogen and oxygen atoms in total. The van der Waals surface area contributed by atoms with E-state index in [-0.39, 0.29) is 0 Å². The van der Waals surface area contributed by atoms with Crippen molar-refractivity contribution >= 4 is 5.96 Å². The van der Waals surface area contributed by atoms with Gasteiger partial charge in [0.1, 0.15) is 0 Å². The molecule has 1 aliphatic rings. The van der Waals surface area contributed by atoms with Crippen LogP contribution >= 0.6 is 0 Å². The average Bonchev–Trinajstić information content (AvgIpc) is 2.71. The number of nitrogens with zero attached hydrogens (tertiary/aromatic N) is 2. The summed E-state index contributed by atoms with van der Waals surface area (Å²) in [6.45, 7) is 10.1. The fourth-order valence-electron chi connectivity index (χ4n) is 3.30. The quantitative estimate of drug-likeness (QED) is 0.335. The highest BCUT2D eigenvalue weighted by atomic mass is 16.5. The summed E-state index contributed by atoms with van der Waals surface area (Å²) in [6, 6.07) is 10.5. The van der Waals surface area contributed by atoms with E-state index in [2.05, 4.69) is 57.8 Å². The van der Waals surface area contributed by atoms with E-state index in [0.717, 1.165) is 64.6 Å². The van der Waals surface area contributed by atoms with Gasteiger partial charge in [0.05, 0.1) is 6.61 Å². The number of hydrogen-bond acceptors (Lipinski definition) is 3. The van der Waals surface area contributed by atoms with E-state index in [1.165, 1.54) is 37.9 Å². The van der Waals surface area contributed by atoms with Gasteiger partial charge >= 0.3 is 0 Å². The smallest absolute Gasteiger partial charge is 0.191 e. The predicted molar refractivity (Wildman–Crippen MR) is 114 cm³/mol. The van der Waals surface area contributed by atoms with Gasteiger partial charge in [-0.25, -0.2) is 0 Å². The molecule has 0 aliphatic carbocycles. The molecule has 0 radical (unpaired) electrons. The summed E-state index contributed by atoms with van der Waals surface area (Å²) in [5.74, 6) is 0.944. The van der Waals surface area contributed by atoms with Crippen molar-refractivity contribution in [1.82, 2.24) is 15.5 Å². The first kappa shape index (κ1) is 21.7. The molecule has 1 heterocycles. The Morgan fingerprint density at radius 2 is 1.85 bits per heavy atom. The summed E-state index contributed by atoms with van der Waals surface area (Å²) in [4.78, 5) is 7.23. The fourth-order valence-corrected chi connectivity index (χ4v) is 3.30. The monoisotopic (exact) mass is 374 g/mol. The first-order chi connectivity index (χ1) is 13.4. The summed E-state index contributed by atoms with van der Waals surface area (Å²) >= 11 is 0. The van der Waals surface area contributed by atoms with Gasteiger partial charge in [0, 0.05) is 32.8 Å². The molecule has 0 atom stereocenters. The third-order valence-corrected chi connectivity index (χ3v) is 4.86. The van der Waals surface area contributed by atoms with Gasteiger partial charge in [-0.1, -0.05) is 36.8 Å². The van der Waals surface area contributed by atoms with Crippen molar-refractivity contribution in [2.75, 3.05) is 52.5 Å². The Bertz CT molecular complexity index is 500. The van der Waals surface area contributed by atoms with Crippen molar-refractivity contribution in [2.24, 2.45) is 4.99 Å². The summed E-state index contributed by atoms with van der Waals surface area (Å²) in [5.41, 5.74) is 1.34. The van der Waals surface area contributed by atoms with Crippen molar-refractivity contribution < 1.29 is 4.74 Å². The zero-order valence-electron chi connectivity index (χ0n) is 17.1. The van der Waals surface area contributed by atoms with Gasteiger partial charge in [-0.05, 0) is 57.7 Å². The first-order valence-corrected chi connectivity index (χ1v) is 10.7. The van der Waals surface area contributed by atoms with Crippen LogP contribution in [0.1, 0.15) is 44.6 Å². The number of unbranched alkanes of at least 4 members (excludes halogenated alkanes) is 1. The van der Waals surface area contributed by atoms with Crippen LogP contribution in [-0.2, 0) is 11.2 Å². The SMILES string of the molecule is CCNC(=NCCCCOCCc1ccccc1)NCCN1CCCCC1. The Morgan fingerprint density at radius 1 is 1.04 bits per heavy atom. The molecule has 1 fully saturated rings. The molecule has 1 saturated heterocycles. The van der Waals surface area contributed by atoms with E-state index < -0.39 is 0 Å². The second-order valence-corrected chi connectivity index (χ2v) is 7.14. The Kier molecular flexibility index (Phi) is 11.6. The van der Waals surface area contributed by atoms with Crippen LogP contribution in [0.5, 0.6) is 0 Å². The number of ether oxygens (including phenoxy) is 1. The minimum Gasteiger partial charge on any atom is -0.381 e. The van der Waals surface area contributed by atoms with Crippen molar-refractivity contribution in [1.29, 1.82) is 0 Å². The van der Waals surface area contributed by atoms with E-state index in [1.807, 2.05) is 0 Å². The molecule has 5 heteroatoms. The Hall–Kier alpha value is -1.59. The maximum atomic E-state index is 5.74. The van der Waals surface area contributed by atoms with Crippen LogP contribution in [0.3, 0.4) is 0 Å². The van der Waals surface area contributed by atoms with Gasteiger partial charge in [-0.3, -0.25) is 4.99 Å². The second kappa shape index (κ2) is 14.5. The third kappa shape index (κ3) is 10.4. The number of nitrogens with one attached hydrogen (secondary N) is 2. The largest absolute Gasteiger partial charge is 0.381 e. The number of guanidine groups is 1.